The van der Waals surface area contributed by atoms with Gasteiger partial charge in [-0.3, -0.25) is 8.93 Å². The van der Waals surface area contributed by atoms with Crippen molar-refractivity contribution in [3.8, 4) is 0 Å². The Morgan fingerprint density at radius 2 is 1.74 bits per heavy atom. The number of benzene rings is 3. The van der Waals surface area contributed by atoms with E-state index in [1.807, 2.05) is 0 Å². The Morgan fingerprint density at radius 1 is 1.06 bits per heavy atom. The molecule has 186 valence electrons. The summed E-state index contributed by atoms with van der Waals surface area (Å²) in [5.41, 5.74) is -0.958. The number of alkyl halides is 3. The van der Waals surface area contributed by atoms with Crippen molar-refractivity contribution in [1.29, 1.82) is 0 Å². The molecule has 0 aliphatic rings. The van der Waals surface area contributed by atoms with Gasteiger partial charge in [0.05, 0.1) is 55.3 Å². The first-order valence-corrected chi connectivity index (χ1v) is 13.1. The summed E-state index contributed by atoms with van der Waals surface area (Å²) >= 11 is 11.6. The molecule has 0 bridgehead atoms. The highest BCUT2D eigenvalue weighted by Crippen LogP contribution is 2.36. The van der Waals surface area contributed by atoms with Crippen LogP contribution in [0, 0.1) is 0 Å². The molecule has 35 heavy (non-hydrogen) atoms. The predicted octanol–water partition coefficient (Wildman–Crippen LogP) is 5.91. The molecule has 0 spiro atoms. The Balaban J connectivity index is 1.98. The van der Waals surface area contributed by atoms with Gasteiger partial charge in [-0.15, -0.1) is 0 Å². The third-order valence-corrected chi connectivity index (χ3v) is 8.04. The Hall–Kier alpha value is -2.60. The quantitative estimate of drug-likeness (QED) is 0.360. The third-order valence-electron chi connectivity index (χ3n) is 4.69. The zero-order chi connectivity index (χ0) is 26.0. The van der Waals surface area contributed by atoms with Crippen LogP contribution in [-0.2, 0) is 37.5 Å². The fraction of sp³-hybridized carbons (Fsp3) is 0.136. The number of halogens is 5. The van der Waals surface area contributed by atoms with Crippen LogP contribution in [0.15, 0.2) is 70.5 Å². The van der Waals surface area contributed by atoms with Gasteiger partial charge in [-0.2, -0.15) is 13.2 Å². The van der Waals surface area contributed by atoms with Crippen LogP contribution in [0.4, 0.5) is 18.9 Å². The van der Waals surface area contributed by atoms with Crippen molar-refractivity contribution >= 4 is 55.7 Å². The normalized spacial score (nSPS) is 12.7. The van der Waals surface area contributed by atoms with Crippen LogP contribution in [0.25, 0.3) is 0 Å². The number of nitrogens with one attached hydrogen (secondary N) is 1. The van der Waals surface area contributed by atoms with Gasteiger partial charge in [0.25, 0.3) is 10.0 Å². The first-order valence-electron chi connectivity index (χ1n) is 9.57. The molecule has 3 aromatic carbocycles. The Kier molecular flexibility index (Phi) is 8.15. The van der Waals surface area contributed by atoms with E-state index in [1.54, 1.807) is 18.2 Å². The molecule has 0 fully saturated rings. The maximum Gasteiger partial charge on any atom is 0.417 e. The van der Waals surface area contributed by atoms with Crippen LogP contribution in [0.1, 0.15) is 21.5 Å². The van der Waals surface area contributed by atoms with Gasteiger partial charge in [-0.05, 0) is 48.0 Å². The summed E-state index contributed by atoms with van der Waals surface area (Å²) in [6.45, 7) is 0. The summed E-state index contributed by atoms with van der Waals surface area (Å²) < 4.78 is 85.4. The summed E-state index contributed by atoms with van der Waals surface area (Å²) in [7, 11) is -5.25. The average Bonchev–Trinajstić information content (AvgIpc) is 2.78. The highest BCUT2D eigenvalue weighted by Gasteiger charge is 2.34. The fourth-order valence-corrected chi connectivity index (χ4v) is 5.87. The smallest absolute Gasteiger partial charge is 0.417 e. The number of carbonyl (C=O) groups excluding carboxylic acids is 1. The maximum atomic E-state index is 13.2. The molecular weight excluding hydrogens is 550 g/mol. The molecule has 0 saturated heterocycles. The monoisotopic (exact) mass is 565 g/mol. The molecule has 6 nitrogen and oxygen atoms in total. The molecule has 0 aliphatic carbocycles. The van der Waals surface area contributed by atoms with Gasteiger partial charge < -0.3 is 4.74 Å². The van der Waals surface area contributed by atoms with E-state index in [1.165, 1.54) is 31.4 Å². The molecule has 1 atom stereocenters. The Morgan fingerprint density at radius 3 is 2.40 bits per heavy atom. The SMILES string of the molecule is COC(=O)c1ccccc1CS(=O)c1ccc(Cl)cc1NS(=O)(=O)c1ccc(Cl)c(C(F)(F)F)c1. The van der Waals surface area contributed by atoms with Crippen molar-refractivity contribution in [2.24, 2.45) is 0 Å². The summed E-state index contributed by atoms with van der Waals surface area (Å²) in [5.74, 6) is -0.821. The topological polar surface area (TPSA) is 89.5 Å². The summed E-state index contributed by atoms with van der Waals surface area (Å²) in [4.78, 5) is 11.3. The van der Waals surface area contributed by atoms with Gasteiger partial charge >= 0.3 is 12.1 Å². The summed E-state index contributed by atoms with van der Waals surface area (Å²) in [6.07, 6.45) is -4.88. The Bertz CT molecular complexity index is 1410. The highest BCUT2D eigenvalue weighted by atomic mass is 35.5. The molecule has 0 saturated carbocycles. The van der Waals surface area contributed by atoms with Gasteiger partial charge in [0.1, 0.15) is 0 Å². The van der Waals surface area contributed by atoms with Crippen molar-refractivity contribution in [3.05, 3.63) is 87.4 Å². The molecule has 0 aliphatic heterocycles. The second-order valence-corrected chi connectivity index (χ2v) is 11.0. The molecular formula is C22H16Cl2F3NO5S2. The van der Waals surface area contributed by atoms with E-state index in [9.17, 15) is 30.6 Å². The van der Waals surface area contributed by atoms with Crippen LogP contribution in [0.3, 0.4) is 0 Å². The van der Waals surface area contributed by atoms with E-state index in [4.69, 9.17) is 27.9 Å². The van der Waals surface area contributed by atoms with Crippen LogP contribution < -0.4 is 4.72 Å². The lowest BCUT2D eigenvalue weighted by Crippen LogP contribution is -2.16. The zero-order valence-corrected chi connectivity index (χ0v) is 20.9. The molecule has 1 unspecified atom stereocenters. The minimum absolute atomic E-state index is 0.00246. The standard InChI is InChI=1S/C22H16Cl2F3NO5S2/c1-33-21(29)16-5-3-2-4-13(16)12-34(30)20-9-6-14(23)10-19(20)28-35(31,32)15-7-8-18(24)17(11-15)22(25,26)27/h2-11,28H,12H2,1H3. The first kappa shape index (κ1) is 27.0. The molecule has 0 aromatic heterocycles. The van der Waals surface area contributed by atoms with Crippen molar-refractivity contribution in [2.45, 2.75) is 21.7 Å². The molecule has 0 amide bonds. The molecule has 1 N–H and O–H groups in total. The van der Waals surface area contributed by atoms with Crippen LogP contribution in [0.5, 0.6) is 0 Å². The predicted molar refractivity (Wildman–Crippen MR) is 127 cm³/mol. The lowest BCUT2D eigenvalue weighted by molar-refractivity contribution is -0.137. The largest absolute Gasteiger partial charge is 0.465 e. The minimum Gasteiger partial charge on any atom is -0.465 e. The minimum atomic E-state index is -4.88. The van der Waals surface area contributed by atoms with E-state index in [0.29, 0.717) is 11.6 Å². The highest BCUT2D eigenvalue weighted by molar-refractivity contribution is 7.92. The summed E-state index contributed by atoms with van der Waals surface area (Å²) in [6, 6.07) is 12.3. The van der Waals surface area contributed by atoms with Gasteiger partial charge in [0.15, 0.2) is 0 Å². The number of methoxy groups -OCH3 is 1. The lowest BCUT2D eigenvalue weighted by Gasteiger charge is -2.15. The van der Waals surface area contributed by atoms with Crippen molar-refractivity contribution in [3.63, 3.8) is 0 Å². The number of sulfonamides is 1. The zero-order valence-electron chi connectivity index (χ0n) is 17.7. The second-order valence-electron chi connectivity index (χ2n) is 7.02. The number of ether oxygens (including phenoxy) is 1. The number of anilines is 1. The van der Waals surface area contributed by atoms with E-state index in [2.05, 4.69) is 4.72 Å². The lowest BCUT2D eigenvalue weighted by atomic mass is 10.1. The van der Waals surface area contributed by atoms with Gasteiger partial charge in [-0.1, -0.05) is 41.4 Å². The third kappa shape index (κ3) is 6.35. The number of carbonyl (C=O) groups is 1. The fourth-order valence-electron chi connectivity index (χ4n) is 3.05. The molecule has 3 rings (SSSR count). The van der Waals surface area contributed by atoms with Gasteiger partial charge in [-0.25, -0.2) is 13.2 Å². The number of esters is 1. The average molecular weight is 566 g/mol. The van der Waals surface area contributed by atoms with Gasteiger partial charge in [0.2, 0.25) is 0 Å². The number of rotatable bonds is 7. The second kappa shape index (κ2) is 10.6. The van der Waals surface area contributed by atoms with E-state index >= 15 is 0 Å². The number of hydrogen-bond donors (Lipinski definition) is 1. The van der Waals surface area contributed by atoms with Crippen molar-refractivity contribution in [1.82, 2.24) is 0 Å². The van der Waals surface area contributed by atoms with E-state index in [0.717, 1.165) is 12.1 Å². The van der Waals surface area contributed by atoms with E-state index in [-0.39, 0.29) is 26.9 Å². The van der Waals surface area contributed by atoms with Crippen LogP contribution in [-0.4, -0.2) is 25.7 Å². The summed E-state index contributed by atoms with van der Waals surface area (Å²) in [5, 5.41) is -0.573. The maximum absolute atomic E-state index is 13.2. The first-order chi connectivity index (χ1) is 16.3. The molecule has 0 radical (unpaired) electrons. The molecule has 0 heterocycles. The van der Waals surface area contributed by atoms with E-state index < -0.39 is 48.5 Å². The van der Waals surface area contributed by atoms with Crippen LogP contribution >= 0.6 is 23.2 Å². The number of hydrogen-bond acceptors (Lipinski definition) is 5. The van der Waals surface area contributed by atoms with Crippen molar-refractivity contribution in [2.75, 3.05) is 11.8 Å². The van der Waals surface area contributed by atoms with Crippen LogP contribution in [0.2, 0.25) is 10.0 Å². The molecule has 13 heteroatoms. The van der Waals surface area contributed by atoms with Crippen molar-refractivity contribution < 1.29 is 35.3 Å². The molecule has 3 aromatic rings. The van der Waals surface area contributed by atoms with Gasteiger partial charge in [0, 0.05) is 5.02 Å². The Labute approximate surface area is 211 Å².